The zero-order valence-corrected chi connectivity index (χ0v) is 16.1. The smallest absolute Gasteiger partial charge is 0.161 e. The summed E-state index contributed by atoms with van der Waals surface area (Å²) >= 11 is 3.43. The fourth-order valence-electron chi connectivity index (χ4n) is 2.51. The van der Waals surface area contributed by atoms with E-state index >= 15 is 0 Å². The third-order valence-corrected chi connectivity index (χ3v) is 4.38. The van der Waals surface area contributed by atoms with Crippen LogP contribution in [0.3, 0.4) is 0 Å². The second kappa shape index (κ2) is 8.54. The van der Waals surface area contributed by atoms with Crippen LogP contribution in [0.2, 0.25) is 0 Å². The highest BCUT2D eigenvalue weighted by Gasteiger charge is 2.11. The normalized spacial score (nSPS) is 10.8. The van der Waals surface area contributed by atoms with Crippen LogP contribution in [0.1, 0.15) is 16.8 Å². The van der Waals surface area contributed by atoms with Crippen molar-refractivity contribution in [2.24, 2.45) is 5.10 Å². The van der Waals surface area contributed by atoms with Crippen LogP contribution in [0, 0.1) is 6.92 Å². The molecule has 0 amide bonds. The number of allylic oxidation sites excluding steroid dienone is 1. The van der Waals surface area contributed by atoms with Crippen LogP contribution < -0.4 is 5.43 Å². The molecule has 0 aliphatic rings. The Labute approximate surface area is 161 Å². The number of halogens is 1. The van der Waals surface area contributed by atoms with E-state index in [1.807, 2.05) is 67.6 Å². The minimum atomic E-state index is 0.678. The van der Waals surface area contributed by atoms with Gasteiger partial charge in [0.2, 0.25) is 0 Å². The van der Waals surface area contributed by atoms with Gasteiger partial charge in [0.1, 0.15) is 0 Å². The van der Waals surface area contributed by atoms with E-state index in [0.717, 1.165) is 26.9 Å². The van der Waals surface area contributed by atoms with E-state index in [4.69, 9.17) is 0 Å². The molecule has 130 valence electrons. The lowest BCUT2D eigenvalue weighted by atomic mass is 10.1. The van der Waals surface area contributed by atoms with Gasteiger partial charge >= 0.3 is 0 Å². The number of aromatic nitrogens is 2. The molecule has 0 atom stereocenters. The number of nitrogens with zero attached hydrogens (tertiary/aromatic N) is 3. The Morgan fingerprint density at radius 3 is 2.50 bits per heavy atom. The Morgan fingerprint density at radius 2 is 1.81 bits per heavy atom. The summed E-state index contributed by atoms with van der Waals surface area (Å²) in [6.07, 6.45) is 4.29. The molecule has 26 heavy (non-hydrogen) atoms. The molecule has 0 saturated carbocycles. The standard InChI is InChI=1S/C21H19BrN4/c1-3-7-19-15(2)24-20(17-8-5-4-6-9-17)25-21(19)26-23-14-16-10-12-18(22)13-11-16/h3-6,8-14H,1,7H2,2H3,(H,24,25,26)/b23-14+. The van der Waals surface area contributed by atoms with Crippen molar-refractivity contribution in [2.45, 2.75) is 13.3 Å². The van der Waals surface area contributed by atoms with E-state index in [1.165, 1.54) is 0 Å². The molecule has 0 bridgehead atoms. The van der Waals surface area contributed by atoms with Crippen LogP contribution in [0.25, 0.3) is 11.4 Å². The fraction of sp³-hybridized carbons (Fsp3) is 0.0952. The van der Waals surface area contributed by atoms with Crippen molar-refractivity contribution >= 4 is 28.0 Å². The first-order valence-corrected chi connectivity index (χ1v) is 9.05. The summed E-state index contributed by atoms with van der Waals surface area (Å²) in [6.45, 7) is 5.81. The number of aryl methyl sites for hydroxylation is 1. The molecule has 0 spiro atoms. The van der Waals surface area contributed by atoms with Gasteiger partial charge in [0.05, 0.1) is 6.21 Å². The van der Waals surface area contributed by atoms with Crippen LogP contribution in [0.5, 0.6) is 0 Å². The van der Waals surface area contributed by atoms with Gasteiger partial charge in [-0.05, 0) is 31.0 Å². The molecule has 0 saturated heterocycles. The molecular formula is C21H19BrN4. The van der Waals surface area contributed by atoms with Gasteiger partial charge in [-0.1, -0.05) is 64.5 Å². The average Bonchev–Trinajstić information content (AvgIpc) is 2.66. The van der Waals surface area contributed by atoms with Gasteiger partial charge in [-0.3, -0.25) is 5.43 Å². The first-order chi connectivity index (χ1) is 12.7. The Hall–Kier alpha value is -2.79. The molecule has 0 radical (unpaired) electrons. The Balaban J connectivity index is 1.91. The van der Waals surface area contributed by atoms with E-state index in [1.54, 1.807) is 6.21 Å². The molecule has 1 N–H and O–H groups in total. The van der Waals surface area contributed by atoms with Gasteiger partial charge in [-0.15, -0.1) is 6.58 Å². The van der Waals surface area contributed by atoms with Crippen LogP contribution in [0.4, 0.5) is 5.82 Å². The van der Waals surface area contributed by atoms with E-state index in [2.05, 4.69) is 43.0 Å². The predicted octanol–water partition coefficient (Wildman–Crippen LogP) is 5.39. The molecule has 0 unspecified atom stereocenters. The highest BCUT2D eigenvalue weighted by atomic mass is 79.9. The number of benzene rings is 2. The Kier molecular flexibility index (Phi) is 5.92. The summed E-state index contributed by atoms with van der Waals surface area (Å²) in [6, 6.07) is 17.9. The molecule has 4 nitrogen and oxygen atoms in total. The largest absolute Gasteiger partial charge is 0.261 e. The Bertz CT molecular complexity index is 919. The topological polar surface area (TPSA) is 50.2 Å². The maximum absolute atomic E-state index is 4.68. The van der Waals surface area contributed by atoms with E-state index < -0.39 is 0 Å². The molecule has 1 heterocycles. The molecule has 0 fully saturated rings. The molecule has 1 aromatic heterocycles. The van der Waals surface area contributed by atoms with Gasteiger partial charge in [0, 0.05) is 21.3 Å². The van der Waals surface area contributed by atoms with Gasteiger partial charge in [0.25, 0.3) is 0 Å². The maximum Gasteiger partial charge on any atom is 0.161 e. The second-order valence-electron chi connectivity index (χ2n) is 5.74. The second-order valence-corrected chi connectivity index (χ2v) is 6.66. The summed E-state index contributed by atoms with van der Waals surface area (Å²) < 4.78 is 1.04. The SMILES string of the molecule is C=CCc1c(C)nc(-c2ccccc2)nc1N/N=C/c1ccc(Br)cc1. The molecule has 2 aromatic carbocycles. The molecule has 3 aromatic rings. The quantitative estimate of drug-likeness (QED) is 0.339. The number of rotatable bonds is 6. The van der Waals surface area contributed by atoms with E-state index in [0.29, 0.717) is 18.1 Å². The first kappa shape index (κ1) is 18.0. The molecule has 5 heteroatoms. The predicted molar refractivity (Wildman–Crippen MR) is 111 cm³/mol. The van der Waals surface area contributed by atoms with Crippen molar-refractivity contribution in [2.75, 3.05) is 5.43 Å². The Morgan fingerprint density at radius 1 is 1.08 bits per heavy atom. The van der Waals surface area contributed by atoms with Crippen molar-refractivity contribution in [3.05, 3.63) is 88.5 Å². The number of hydrogen-bond donors (Lipinski definition) is 1. The molecular weight excluding hydrogens is 388 g/mol. The monoisotopic (exact) mass is 406 g/mol. The minimum Gasteiger partial charge on any atom is -0.261 e. The van der Waals surface area contributed by atoms with Gasteiger partial charge in [-0.25, -0.2) is 9.97 Å². The number of nitrogens with one attached hydrogen (secondary N) is 1. The lowest BCUT2D eigenvalue weighted by molar-refractivity contribution is 1.03. The third kappa shape index (κ3) is 4.43. The summed E-state index contributed by atoms with van der Waals surface area (Å²) in [4.78, 5) is 9.32. The summed E-state index contributed by atoms with van der Waals surface area (Å²) in [7, 11) is 0. The number of hydrazone groups is 1. The van der Waals surface area contributed by atoms with E-state index in [-0.39, 0.29) is 0 Å². The number of anilines is 1. The van der Waals surface area contributed by atoms with Crippen LogP contribution in [-0.2, 0) is 6.42 Å². The van der Waals surface area contributed by atoms with Crippen molar-refractivity contribution in [3.8, 4) is 11.4 Å². The van der Waals surface area contributed by atoms with E-state index in [9.17, 15) is 0 Å². The summed E-state index contributed by atoms with van der Waals surface area (Å²) in [5.74, 6) is 1.38. The van der Waals surface area contributed by atoms with Crippen LogP contribution >= 0.6 is 15.9 Å². The highest BCUT2D eigenvalue weighted by molar-refractivity contribution is 9.10. The van der Waals surface area contributed by atoms with Crippen molar-refractivity contribution in [1.29, 1.82) is 0 Å². The molecule has 3 rings (SSSR count). The average molecular weight is 407 g/mol. The van der Waals surface area contributed by atoms with Crippen LogP contribution in [0.15, 0.2) is 76.8 Å². The van der Waals surface area contributed by atoms with Gasteiger partial charge < -0.3 is 0 Å². The fourth-order valence-corrected chi connectivity index (χ4v) is 2.77. The number of hydrogen-bond acceptors (Lipinski definition) is 4. The maximum atomic E-state index is 4.68. The van der Waals surface area contributed by atoms with Crippen molar-refractivity contribution in [1.82, 2.24) is 9.97 Å². The third-order valence-electron chi connectivity index (χ3n) is 3.85. The zero-order valence-electron chi connectivity index (χ0n) is 14.5. The molecule has 0 aliphatic heterocycles. The minimum absolute atomic E-state index is 0.678. The highest BCUT2D eigenvalue weighted by Crippen LogP contribution is 2.23. The van der Waals surface area contributed by atoms with Gasteiger partial charge in [0.15, 0.2) is 11.6 Å². The lowest BCUT2D eigenvalue weighted by Gasteiger charge is -2.11. The first-order valence-electron chi connectivity index (χ1n) is 8.26. The van der Waals surface area contributed by atoms with Crippen LogP contribution in [-0.4, -0.2) is 16.2 Å². The zero-order chi connectivity index (χ0) is 18.4. The summed E-state index contributed by atoms with van der Waals surface area (Å²) in [5, 5.41) is 4.35. The van der Waals surface area contributed by atoms with Crippen molar-refractivity contribution in [3.63, 3.8) is 0 Å². The van der Waals surface area contributed by atoms with Gasteiger partial charge in [-0.2, -0.15) is 5.10 Å². The van der Waals surface area contributed by atoms with Crippen molar-refractivity contribution < 1.29 is 0 Å². The molecule has 0 aliphatic carbocycles. The summed E-state index contributed by atoms with van der Waals surface area (Å²) in [5.41, 5.74) is 6.95. The lowest BCUT2D eigenvalue weighted by Crippen LogP contribution is -2.05.